The zero-order valence-corrected chi connectivity index (χ0v) is 31.6. The zero-order valence-electron chi connectivity index (χ0n) is 31.6. The van der Waals surface area contributed by atoms with E-state index in [1.54, 1.807) is 0 Å². The van der Waals surface area contributed by atoms with E-state index >= 15 is 0 Å². The van der Waals surface area contributed by atoms with Gasteiger partial charge in [-0.15, -0.1) is 0 Å². The fourth-order valence-corrected chi connectivity index (χ4v) is 6.83. The van der Waals surface area contributed by atoms with Crippen LogP contribution in [-0.2, 0) is 9.59 Å². The van der Waals surface area contributed by atoms with E-state index in [1.807, 2.05) is 12.2 Å². The lowest BCUT2D eigenvalue weighted by Gasteiger charge is -2.11. The Kier molecular flexibility index (Phi) is 37.6. The van der Waals surface area contributed by atoms with Crippen molar-refractivity contribution in [3.8, 4) is 0 Å². The maximum absolute atomic E-state index is 10.6. The summed E-state index contributed by atoms with van der Waals surface area (Å²) in [5, 5.41) is 0. The van der Waals surface area contributed by atoms with Crippen LogP contribution in [0, 0.1) is 5.92 Å². The Hall–Kier alpha value is -1.58. The van der Waals surface area contributed by atoms with Crippen LogP contribution < -0.4 is 11.5 Å². The van der Waals surface area contributed by atoms with Crippen LogP contribution in [0.2, 0.25) is 0 Å². The minimum atomic E-state index is -0.332. The van der Waals surface area contributed by atoms with Gasteiger partial charge in [-0.25, -0.2) is 0 Å². The molecule has 47 heavy (non-hydrogen) atoms. The highest BCUT2D eigenvalue weighted by molar-refractivity contribution is 5.85. The summed E-state index contributed by atoms with van der Waals surface area (Å²) in [7, 11) is 0. The molecule has 0 aliphatic carbocycles. The predicted molar refractivity (Wildman–Crippen MR) is 207 cm³/mol. The Labute approximate surface area is 294 Å². The van der Waals surface area contributed by atoms with Crippen LogP contribution in [0.3, 0.4) is 0 Å². The van der Waals surface area contributed by atoms with Crippen molar-refractivity contribution in [1.82, 2.24) is 0 Å². The highest BCUT2D eigenvalue weighted by atomic mass is 16.1. The average molecular weight is 659 g/mol. The molecule has 1 unspecified atom stereocenters. The van der Waals surface area contributed by atoms with Crippen molar-refractivity contribution in [1.29, 1.82) is 0 Å². The summed E-state index contributed by atoms with van der Waals surface area (Å²) in [4.78, 5) is 21.3. The van der Waals surface area contributed by atoms with Gasteiger partial charge in [0.25, 0.3) is 0 Å². The number of primary amides is 2. The summed E-state index contributed by atoms with van der Waals surface area (Å²) in [5.74, 6) is 0.264. The molecular weight excluding hydrogens is 576 g/mol. The minimum Gasteiger partial charge on any atom is -0.366 e. The maximum Gasteiger partial charge on any atom is 0.241 e. The van der Waals surface area contributed by atoms with Crippen LogP contribution >= 0.6 is 0 Å². The molecule has 0 aliphatic rings. The number of rotatable bonds is 39. The number of unbranched alkanes of at least 4 members (excludes halogenated alkanes) is 31. The van der Waals surface area contributed by atoms with Crippen LogP contribution in [0.15, 0.2) is 24.3 Å². The molecule has 4 N–H and O–H groups in total. The van der Waals surface area contributed by atoms with Gasteiger partial charge in [-0.05, 0) is 43.8 Å². The lowest BCUT2D eigenvalue weighted by atomic mass is 9.95. The normalized spacial score (nSPS) is 12.4. The molecule has 0 fully saturated rings. The standard InChI is InChI=1S/C43H82N2O2/c1-41(38-34-30-26-22-18-14-10-6-4-8-12-16-20-24-28-32-36-40-43(45)47)37-33-29-25-21-17-13-9-5-2-3-7-11-15-19-23-27-31-35-39-42(44)46/h35-36,39-41H,2-34,37-38H2,1H3,(H2,44,46)(H2,45,47). The van der Waals surface area contributed by atoms with E-state index in [1.165, 1.54) is 224 Å². The van der Waals surface area contributed by atoms with Crippen molar-refractivity contribution < 1.29 is 9.59 Å². The first-order valence-electron chi connectivity index (χ1n) is 20.9. The number of hydrogen-bond acceptors (Lipinski definition) is 2. The molecule has 276 valence electrons. The molecule has 0 aromatic carbocycles. The number of amides is 2. The van der Waals surface area contributed by atoms with Gasteiger partial charge in [0, 0.05) is 0 Å². The van der Waals surface area contributed by atoms with Crippen LogP contribution in [0.1, 0.15) is 232 Å². The second kappa shape index (κ2) is 38.9. The molecule has 1 atom stereocenters. The molecule has 0 radical (unpaired) electrons. The van der Waals surface area contributed by atoms with E-state index in [9.17, 15) is 9.59 Å². The Morgan fingerprint density at radius 2 is 0.553 bits per heavy atom. The maximum atomic E-state index is 10.6. The largest absolute Gasteiger partial charge is 0.366 e. The molecule has 0 heterocycles. The van der Waals surface area contributed by atoms with Gasteiger partial charge in [-0.2, -0.15) is 0 Å². The molecule has 4 heteroatoms. The van der Waals surface area contributed by atoms with Crippen molar-refractivity contribution in [2.75, 3.05) is 0 Å². The molecule has 2 amide bonds. The fourth-order valence-electron chi connectivity index (χ4n) is 6.83. The molecule has 0 aromatic heterocycles. The van der Waals surface area contributed by atoms with Gasteiger partial charge in [0.15, 0.2) is 0 Å². The third-order valence-electron chi connectivity index (χ3n) is 9.95. The molecule has 0 saturated carbocycles. The van der Waals surface area contributed by atoms with E-state index in [0.29, 0.717) is 0 Å². The quantitative estimate of drug-likeness (QED) is 0.0508. The SMILES string of the molecule is CC(CCCCCCCCCCCCCCCCCC=CC(N)=O)CCCCCCCCCCCCCCCCCCC=CC(N)=O. The summed E-state index contributed by atoms with van der Waals surface area (Å²) in [5.41, 5.74) is 10.2. The van der Waals surface area contributed by atoms with Gasteiger partial charge in [-0.3, -0.25) is 9.59 Å². The molecule has 0 saturated heterocycles. The van der Waals surface area contributed by atoms with Crippen molar-refractivity contribution in [3.63, 3.8) is 0 Å². The van der Waals surface area contributed by atoms with Gasteiger partial charge in [-0.1, -0.05) is 218 Å². The van der Waals surface area contributed by atoms with Crippen molar-refractivity contribution in [3.05, 3.63) is 24.3 Å². The first kappa shape index (κ1) is 45.4. The summed E-state index contributed by atoms with van der Waals surface area (Å²) >= 11 is 0. The number of carbonyl (C=O) groups is 2. The summed E-state index contributed by atoms with van der Waals surface area (Å²) in [6.45, 7) is 2.49. The van der Waals surface area contributed by atoms with E-state index in [2.05, 4.69) is 6.92 Å². The molecular formula is C43H82N2O2. The van der Waals surface area contributed by atoms with E-state index in [4.69, 9.17) is 11.5 Å². The van der Waals surface area contributed by atoms with Crippen molar-refractivity contribution in [2.24, 2.45) is 17.4 Å². The third-order valence-corrected chi connectivity index (χ3v) is 9.95. The van der Waals surface area contributed by atoms with Gasteiger partial charge < -0.3 is 11.5 Å². The van der Waals surface area contributed by atoms with Gasteiger partial charge in [0.05, 0.1) is 0 Å². The third kappa shape index (κ3) is 42.4. The van der Waals surface area contributed by atoms with Crippen molar-refractivity contribution in [2.45, 2.75) is 232 Å². The summed E-state index contributed by atoms with van der Waals surface area (Å²) < 4.78 is 0. The first-order chi connectivity index (χ1) is 23.0. The highest BCUT2D eigenvalue weighted by Gasteiger charge is 2.03. The number of nitrogens with two attached hydrogens (primary N) is 2. The van der Waals surface area contributed by atoms with Crippen LogP contribution in [0.5, 0.6) is 0 Å². The summed E-state index contributed by atoms with van der Waals surface area (Å²) in [6, 6.07) is 0. The average Bonchev–Trinajstić information content (AvgIpc) is 3.04. The monoisotopic (exact) mass is 659 g/mol. The minimum absolute atomic E-state index is 0.332. The molecule has 0 rings (SSSR count). The van der Waals surface area contributed by atoms with Crippen molar-refractivity contribution >= 4 is 11.8 Å². The molecule has 0 bridgehead atoms. The van der Waals surface area contributed by atoms with Crippen LogP contribution in [0.25, 0.3) is 0 Å². The smallest absolute Gasteiger partial charge is 0.241 e. The zero-order chi connectivity index (χ0) is 34.3. The molecule has 0 aromatic rings. The Morgan fingerprint density at radius 3 is 0.766 bits per heavy atom. The van der Waals surface area contributed by atoms with Gasteiger partial charge in [0.1, 0.15) is 0 Å². The Balaban J connectivity index is 3.18. The fraction of sp³-hybridized carbons (Fsp3) is 0.860. The van der Waals surface area contributed by atoms with Crippen LogP contribution in [0.4, 0.5) is 0 Å². The second-order valence-electron chi connectivity index (χ2n) is 14.8. The first-order valence-corrected chi connectivity index (χ1v) is 20.9. The van der Waals surface area contributed by atoms with Gasteiger partial charge in [0.2, 0.25) is 11.8 Å². The van der Waals surface area contributed by atoms with Crippen LogP contribution in [-0.4, -0.2) is 11.8 Å². The highest BCUT2D eigenvalue weighted by Crippen LogP contribution is 2.20. The number of allylic oxidation sites excluding steroid dienone is 2. The van der Waals surface area contributed by atoms with Gasteiger partial charge >= 0.3 is 0 Å². The molecule has 0 spiro atoms. The van der Waals surface area contributed by atoms with E-state index in [-0.39, 0.29) is 11.8 Å². The Morgan fingerprint density at radius 1 is 0.362 bits per heavy atom. The Bertz CT molecular complexity index is 717. The number of carbonyl (C=O) groups excluding carboxylic acids is 2. The van der Waals surface area contributed by atoms with E-state index < -0.39 is 0 Å². The van der Waals surface area contributed by atoms with E-state index in [0.717, 1.165) is 18.8 Å². The number of hydrogen-bond donors (Lipinski definition) is 2. The molecule has 0 aliphatic heterocycles. The molecule has 4 nitrogen and oxygen atoms in total. The lowest BCUT2D eigenvalue weighted by molar-refractivity contribution is -0.114. The topological polar surface area (TPSA) is 86.2 Å². The predicted octanol–water partition coefficient (Wildman–Crippen LogP) is 13.4. The second-order valence-corrected chi connectivity index (χ2v) is 14.8. The lowest BCUT2D eigenvalue weighted by Crippen LogP contribution is -2.05. The summed E-state index contributed by atoms with van der Waals surface area (Å²) in [6.07, 6.45) is 55.0.